The van der Waals surface area contributed by atoms with Crippen molar-refractivity contribution in [1.82, 2.24) is 0 Å². The molecule has 0 amide bonds. The Hall–Kier alpha value is -2.08. The first kappa shape index (κ1) is 14.5. The van der Waals surface area contributed by atoms with Crippen LogP contribution >= 0.6 is 0 Å². The molecular weight excluding hydrogens is 276 g/mol. The van der Waals surface area contributed by atoms with E-state index in [-0.39, 0.29) is 0 Å². The van der Waals surface area contributed by atoms with E-state index < -0.39 is 0 Å². The van der Waals surface area contributed by atoms with E-state index in [1.54, 1.807) is 11.1 Å². The van der Waals surface area contributed by atoms with Crippen molar-refractivity contribution in [3.8, 4) is 0 Å². The third-order valence-electron chi connectivity index (χ3n) is 5.38. The lowest BCUT2D eigenvalue weighted by atomic mass is 9.86. The fraction of sp³-hybridized carbons (Fsp3) is 0.304. The van der Waals surface area contributed by atoms with Crippen LogP contribution in [0.25, 0.3) is 12.2 Å². The van der Waals surface area contributed by atoms with Crippen molar-refractivity contribution in [3.05, 3.63) is 80.9 Å². The molecule has 2 aromatic rings. The van der Waals surface area contributed by atoms with Crippen LogP contribution in [-0.2, 0) is 12.8 Å². The molecule has 0 aliphatic heterocycles. The molecule has 2 aliphatic rings. The number of hydrogen-bond acceptors (Lipinski definition) is 0. The van der Waals surface area contributed by atoms with Gasteiger partial charge in [-0.15, -0.1) is 0 Å². The zero-order chi connectivity index (χ0) is 16.0. The fourth-order valence-electron chi connectivity index (χ4n) is 4.17. The average molecular weight is 300 g/mol. The third-order valence-corrected chi connectivity index (χ3v) is 5.38. The van der Waals surface area contributed by atoms with E-state index in [2.05, 4.69) is 69.3 Å². The summed E-state index contributed by atoms with van der Waals surface area (Å²) in [6.07, 6.45) is 8.34. The number of rotatable bonds is 3. The Bertz CT molecular complexity index is 764. The first-order chi connectivity index (χ1) is 11.1. The molecule has 0 bridgehead atoms. The Kier molecular flexibility index (Phi) is 3.49. The van der Waals surface area contributed by atoms with Crippen LogP contribution < -0.4 is 0 Å². The summed E-state index contributed by atoms with van der Waals surface area (Å²) in [5.41, 5.74) is 11.8. The molecule has 0 heteroatoms. The van der Waals surface area contributed by atoms with E-state index in [1.165, 1.54) is 39.8 Å². The van der Waals surface area contributed by atoms with Crippen molar-refractivity contribution in [2.24, 2.45) is 5.92 Å². The molecular formula is C23H24. The summed E-state index contributed by atoms with van der Waals surface area (Å²) in [4.78, 5) is 0. The van der Waals surface area contributed by atoms with Crippen LogP contribution in [0.1, 0.15) is 46.7 Å². The first-order valence-electron chi connectivity index (χ1n) is 8.74. The summed E-state index contributed by atoms with van der Waals surface area (Å²) < 4.78 is 0. The molecule has 0 unspecified atom stereocenters. The van der Waals surface area contributed by atoms with Gasteiger partial charge in [-0.2, -0.15) is 0 Å². The standard InChI is InChI=1S/C23H24/c1-4-23(21-11-17-7-5-15(2)9-19(17)13-21)22-12-18-8-6-16(3)10-20(18)14-22/h5-10,13-14,23H,4,11-12H2,1-3H3. The summed E-state index contributed by atoms with van der Waals surface area (Å²) in [7, 11) is 0. The molecule has 0 spiro atoms. The van der Waals surface area contributed by atoms with Gasteiger partial charge in [-0.25, -0.2) is 0 Å². The van der Waals surface area contributed by atoms with Gasteiger partial charge in [0, 0.05) is 5.92 Å². The van der Waals surface area contributed by atoms with E-state index in [0.717, 1.165) is 12.8 Å². The zero-order valence-corrected chi connectivity index (χ0v) is 14.3. The summed E-state index contributed by atoms with van der Waals surface area (Å²) in [6, 6.07) is 13.8. The molecule has 4 rings (SSSR count). The topological polar surface area (TPSA) is 0 Å². The highest BCUT2D eigenvalue weighted by atomic mass is 14.3. The number of allylic oxidation sites excluding steroid dienone is 2. The number of hydrogen-bond donors (Lipinski definition) is 0. The molecule has 2 aliphatic carbocycles. The maximum Gasteiger partial charge on any atom is 0.00176 e. The minimum Gasteiger partial charge on any atom is -0.0645 e. The summed E-state index contributed by atoms with van der Waals surface area (Å²) in [5.74, 6) is 0.593. The van der Waals surface area contributed by atoms with Crippen LogP contribution in [0.4, 0.5) is 0 Å². The summed E-state index contributed by atoms with van der Waals surface area (Å²) in [5, 5.41) is 0. The van der Waals surface area contributed by atoms with Gasteiger partial charge in [0.05, 0.1) is 0 Å². The lowest BCUT2D eigenvalue weighted by molar-refractivity contribution is 0.667. The summed E-state index contributed by atoms with van der Waals surface area (Å²) in [6.45, 7) is 6.69. The highest BCUT2D eigenvalue weighted by Crippen LogP contribution is 2.39. The Morgan fingerprint density at radius 3 is 1.70 bits per heavy atom. The largest absolute Gasteiger partial charge is 0.0645 e. The van der Waals surface area contributed by atoms with Gasteiger partial charge < -0.3 is 0 Å². The molecule has 0 atom stereocenters. The SMILES string of the molecule is CCC(C1=Cc2cc(C)ccc2C1)C1=Cc2cc(C)ccc2C1. The molecule has 0 radical (unpaired) electrons. The number of aryl methyl sites for hydroxylation is 2. The smallest absolute Gasteiger partial charge is 0.00176 e. The predicted molar refractivity (Wildman–Crippen MR) is 99.5 cm³/mol. The van der Waals surface area contributed by atoms with Crippen molar-refractivity contribution in [3.63, 3.8) is 0 Å². The van der Waals surface area contributed by atoms with Gasteiger partial charge in [0.25, 0.3) is 0 Å². The van der Waals surface area contributed by atoms with E-state index >= 15 is 0 Å². The van der Waals surface area contributed by atoms with E-state index in [1.807, 2.05) is 0 Å². The fourth-order valence-corrected chi connectivity index (χ4v) is 4.17. The third kappa shape index (κ3) is 2.57. The highest BCUT2D eigenvalue weighted by Gasteiger charge is 2.25. The molecule has 0 heterocycles. The predicted octanol–water partition coefficient (Wildman–Crippen LogP) is 5.91. The van der Waals surface area contributed by atoms with E-state index in [0.29, 0.717) is 5.92 Å². The van der Waals surface area contributed by atoms with Crippen LogP contribution in [0.15, 0.2) is 47.5 Å². The van der Waals surface area contributed by atoms with Crippen LogP contribution in [0.2, 0.25) is 0 Å². The normalized spacial score (nSPS) is 15.5. The lowest BCUT2D eigenvalue weighted by Crippen LogP contribution is -2.07. The molecule has 23 heavy (non-hydrogen) atoms. The maximum absolute atomic E-state index is 2.45. The van der Waals surface area contributed by atoms with Gasteiger partial charge in [-0.1, -0.05) is 77.7 Å². The van der Waals surface area contributed by atoms with E-state index in [9.17, 15) is 0 Å². The lowest BCUT2D eigenvalue weighted by Gasteiger charge is -2.18. The van der Waals surface area contributed by atoms with Crippen molar-refractivity contribution >= 4 is 12.2 Å². The highest BCUT2D eigenvalue weighted by molar-refractivity contribution is 5.70. The zero-order valence-electron chi connectivity index (χ0n) is 14.3. The second kappa shape index (κ2) is 5.53. The Labute approximate surface area is 139 Å². The molecule has 2 aromatic carbocycles. The minimum absolute atomic E-state index is 0.593. The number of fused-ring (bicyclic) bond motifs is 2. The molecule has 0 nitrogen and oxygen atoms in total. The van der Waals surface area contributed by atoms with Crippen LogP contribution in [0.5, 0.6) is 0 Å². The Balaban J connectivity index is 1.64. The van der Waals surface area contributed by atoms with Crippen LogP contribution in [0, 0.1) is 19.8 Å². The Morgan fingerprint density at radius 2 is 1.26 bits per heavy atom. The second-order valence-corrected chi connectivity index (χ2v) is 7.16. The molecule has 116 valence electrons. The quantitative estimate of drug-likeness (QED) is 0.661. The van der Waals surface area contributed by atoms with E-state index in [4.69, 9.17) is 0 Å². The first-order valence-corrected chi connectivity index (χ1v) is 8.74. The molecule has 0 saturated heterocycles. The van der Waals surface area contributed by atoms with Gasteiger partial charge in [0.2, 0.25) is 0 Å². The second-order valence-electron chi connectivity index (χ2n) is 7.16. The van der Waals surface area contributed by atoms with Gasteiger partial charge >= 0.3 is 0 Å². The molecule has 0 aromatic heterocycles. The van der Waals surface area contributed by atoms with Crippen molar-refractivity contribution in [1.29, 1.82) is 0 Å². The monoisotopic (exact) mass is 300 g/mol. The van der Waals surface area contributed by atoms with Crippen molar-refractivity contribution < 1.29 is 0 Å². The van der Waals surface area contributed by atoms with Crippen molar-refractivity contribution in [2.45, 2.75) is 40.0 Å². The molecule has 0 N–H and O–H groups in total. The van der Waals surface area contributed by atoms with Gasteiger partial charge in [0.1, 0.15) is 0 Å². The molecule has 0 fully saturated rings. The summed E-state index contributed by atoms with van der Waals surface area (Å²) >= 11 is 0. The van der Waals surface area contributed by atoms with Gasteiger partial charge in [-0.05, 0) is 55.4 Å². The minimum atomic E-state index is 0.593. The van der Waals surface area contributed by atoms with Crippen LogP contribution in [0.3, 0.4) is 0 Å². The Morgan fingerprint density at radius 1 is 0.783 bits per heavy atom. The van der Waals surface area contributed by atoms with Gasteiger partial charge in [0.15, 0.2) is 0 Å². The van der Waals surface area contributed by atoms with Crippen LogP contribution in [-0.4, -0.2) is 0 Å². The van der Waals surface area contributed by atoms with Crippen molar-refractivity contribution in [2.75, 3.05) is 0 Å². The van der Waals surface area contributed by atoms with Gasteiger partial charge in [-0.3, -0.25) is 0 Å². The molecule has 0 saturated carbocycles. The number of benzene rings is 2. The maximum atomic E-state index is 2.45. The average Bonchev–Trinajstić information content (AvgIpc) is 3.11.